The maximum Gasteiger partial charge on any atom is 0.317 e. The summed E-state index contributed by atoms with van der Waals surface area (Å²) in [5.74, 6) is 0. The van der Waals surface area contributed by atoms with Crippen LogP contribution in [0.3, 0.4) is 0 Å². The van der Waals surface area contributed by atoms with E-state index in [-0.39, 0.29) is 12.1 Å². The minimum Gasteiger partial charge on any atom is -0.376 e. The molecule has 1 aromatic heterocycles. The van der Waals surface area contributed by atoms with Crippen LogP contribution < -0.4 is 5.32 Å². The number of carbonyl (C=O) groups excluding carboxylic acids is 1. The zero-order valence-corrected chi connectivity index (χ0v) is 16.1. The predicted molar refractivity (Wildman–Crippen MR) is 105 cm³/mol. The molecule has 1 atom stereocenters. The molecule has 5 nitrogen and oxygen atoms in total. The number of aromatic nitrogens is 1. The predicted octanol–water partition coefficient (Wildman–Crippen LogP) is 4.30. The Morgan fingerprint density at radius 1 is 1.35 bits per heavy atom. The zero-order valence-electron chi connectivity index (χ0n) is 15.3. The van der Waals surface area contributed by atoms with E-state index in [9.17, 15) is 4.79 Å². The fourth-order valence-electron chi connectivity index (χ4n) is 3.12. The molecule has 140 valence electrons. The van der Waals surface area contributed by atoms with Crippen LogP contribution in [0.15, 0.2) is 36.5 Å². The molecule has 0 radical (unpaired) electrons. The van der Waals surface area contributed by atoms with Gasteiger partial charge in [-0.2, -0.15) is 0 Å². The van der Waals surface area contributed by atoms with Crippen molar-refractivity contribution in [2.75, 3.05) is 19.7 Å². The van der Waals surface area contributed by atoms with Crippen molar-refractivity contribution >= 4 is 17.4 Å². The van der Waals surface area contributed by atoms with Gasteiger partial charge in [0, 0.05) is 36.3 Å². The van der Waals surface area contributed by atoms with Crippen LogP contribution in [0.2, 0.25) is 0 Å². The van der Waals surface area contributed by atoms with Gasteiger partial charge in [-0.1, -0.05) is 37.3 Å². The van der Waals surface area contributed by atoms with E-state index >= 15 is 0 Å². The fourth-order valence-corrected chi connectivity index (χ4v) is 3.98. The summed E-state index contributed by atoms with van der Waals surface area (Å²) in [4.78, 5) is 20.0. The van der Waals surface area contributed by atoms with Gasteiger partial charge in [-0.05, 0) is 25.7 Å². The first-order chi connectivity index (χ1) is 12.8. The number of ether oxygens (including phenoxy) is 1. The Morgan fingerprint density at radius 2 is 2.19 bits per heavy atom. The second-order valence-corrected chi connectivity index (χ2v) is 7.71. The molecule has 1 aliphatic rings. The highest BCUT2D eigenvalue weighted by atomic mass is 32.1. The van der Waals surface area contributed by atoms with E-state index in [2.05, 4.69) is 17.2 Å². The molecule has 1 fully saturated rings. The maximum atomic E-state index is 12.6. The van der Waals surface area contributed by atoms with Crippen molar-refractivity contribution in [3.63, 3.8) is 0 Å². The number of hydrogen-bond donors (Lipinski definition) is 1. The molecule has 1 aromatic carbocycles. The standard InChI is InChI=1S/C20H27N3O2S/c1-2-11-23(15-17-10-6-7-12-25-17)20(24)22-14-18-13-21-19(26-18)16-8-4-3-5-9-16/h3-5,8-9,13,17H,2,6-7,10-12,14-15H2,1H3,(H,22,24). The van der Waals surface area contributed by atoms with Gasteiger partial charge in [-0.3, -0.25) is 0 Å². The molecular formula is C20H27N3O2S. The van der Waals surface area contributed by atoms with E-state index in [1.165, 1.54) is 6.42 Å². The Labute approximate surface area is 159 Å². The number of carbonyl (C=O) groups is 1. The average molecular weight is 374 g/mol. The summed E-state index contributed by atoms with van der Waals surface area (Å²) < 4.78 is 5.79. The summed E-state index contributed by atoms with van der Waals surface area (Å²) >= 11 is 1.62. The summed E-state index contributed by atoms with van der Waals surface area (Å²) in [6.45, 7) is 4.85. The molecule has 1 N–H and O–H groups in total. The third kappa shape index (κ3) is 5.29. The second-order valence-electron chi connectivity index (χ2n) is 6.59. The smallest absolute Gasteiger partial charge is 0.317 e. The largest absolute Gasteiger partial charge is 0.376 e. The summed E-state index contributed by atoms with van der Waals surface area (Å²) in [5, 5.41) is 4.02. The van der Waals surface area contributed by atoms with Crippen LogP contribution in [-0.2, 0) is 11.3 Å². The van der Waals surface area contributed by atoms with E-state index < -0.39 is 0 Å². The van der Waals surface area contributed by atoms with Gasteiger partial charge in [0.05, 0.1) is 12.6 Å². The van der Waals surface area contributed by atoms with E-state index in [1.54, 1.807) is 11.3 Å². The van der Waals surface area contributed by atoms with Gasteiger partial charge in [-0.15, -0.1) is 11.3 Å². The SMILES string of the molecule is CCCN(CC1CCCCO1)C(=O)NCc1cnc(-c2ccccc2)s1. The molecule has 1 saturated heterocycles. The number of rotatable bonds is 7. The lowest BCUT2D eigenvalue weighted by molar-refractivity contribution is 0.000699. The molecule has 1 aliphatic heterocycles. The Kier molecular flexibility index (Phi) is 7.03. The van der Waals surface area contributed by atoms with Crippen molar-refractivity contribution in [1.29, 1.82) is 0 Å². The van der Waals surface area contributed by atoms with Crippen molar-refractivity contribution in [3.05, 3.63) is 41.4 Å². The van der Waals surface area contributed by atoms with E-state index in [1.807, 2.05) is 41.4 Å². The molecule has 0 aliphatic carbocycles. The zero-order chi connectivity index (χ0) is 18.2. The monoisotopic (exact) mass is 373 g/mol. The Bertz CT molecular complexity index is 683. The highest BCUT2D eigenvalue weighted by molar-refractivity contribution is 7.15. The number of nitrogens with one attached hydrogen (secondary N) is 1. The Balaban J connectivity index is 1.53. The van der Waals surface area contributed by atoms with Crippen molar-refractivity contribution in [2.24, 2.45) is 0 Å². The summed E-state index contributed by atoms with van der Waals surface area (Å²) in [7, 11) is 0. The van der Waals surface area contributed by atoms with Gasteiger partial charge in [0.1, 0.15) is 5.01 Å². The number of nitrogens with zero attached hydrogens (tertiary/aromatic N) is 2. The molecule has 26 heavy (non-hydrogen) atoms. The van der Waals surface area contributed by atoms with Crippen molar-refractivity contribution in [1.82, 2.24) is 15.2 Å². The van der Waals surface area contributed by atoms with Gasteiger partial charge < -0.3 is 15.0 Å². The van der Waals surface area contributed by atoms with Gasteiger partial charge >= 0.3 is 6.03 Å². The van der Waals surface area contributed by atoms with Crippen molar-refractivity contribution in [2.45, 2.75) is 45.3 Å². The number of hydrogen-bond acceptors (Lipinski definition) is 4. The summed E-state index contributed by atoms with van der Waals surface area (Å²) in [5.41, 5.74) is 1.11. The Morgan fingerprint density at radius 3 is 2.92 bits per heavy atom. The first kappa shape index (κ1) is 18.9. The van der Waals surface area contributed by atoms with E-state index in [0.717, 1.165) is 47.9 Å². The van der Waals surface area contributed by atoms with Gasteiger partial charge in [0.2, 0.25) is 0 Å². The van der Waals surface area contributed by atoms with Crippen LogP contribution in [0.1, 0.15) is 37.5 Å². The molecule has 0 spiro atoms. The van der Waals surface area contributed by atoms with Crippen LogP contribution in [0.5, 0.6) is 0 Å². The van der Waals surface area contributed by atoms with Gasteiger partial charge in [-0.25, -0.2) is 9.78 Å². The van der Waals surface area contributed by atoms with Gasteiger partial charge in [0.15, 0.2) is 0 Å². The molecule has 2 heterocycles. The number of urea groups is 1. The summed E-state index contributed by atoms with van der Waals surface area (Å²) in [6.07, 6.45) is 6.33. The van der Waals surface area contributed by atoms with E-state index in [4.69, 9.17) is 4.74 Å². The van der Waals surface area contributed by atoms with Gasteiger partial charge in [0.25, 0.3) is 0 Å². The topological polar surface area (TPSA) is 54.5 Å². The quantitative estimate of drug-likeness (QED) is 0.787. The third-order valence-corrected chi connectivity index (χ3v) is 5.51. The molecule has 0 bridgehead atoms. The van der Waals surface area contributed by atoms with Crippen LogP contribution in [0.4, 0.5) is 4.79 Å². The second kappa shape index (κ2) is 9.69. The minimum atomic E-state index is -0.0179. The van der Waals surface area contributed by atoms with Crippen LogP contribution in [0, 0.1) is 0 Å². The molecule has 2 aromatic rings. The fraction of sp³-hybridized carbons (Fsp3) is 0.500. The normalized spacial score (nSPS) is 17.0. The molecular weight excluding hydrogens is 346 g/mol. The maximum absolute atomic E-state index is 12.6. The van der Waals surface area contributed by atoms with E-state index in [0.29, 0.717) is 13.1 Å². The van der Waals surface area contributed by atoms with Crippen LogP contribution in [-0.4, -0.2) is 41.7 Å². The first-order valence-corrected chi connectivity index (χ1v) is 10.2. The number of thiazole rings is 1. The lowest BCUT2D eigenvalue weighted by atomic mass is 10.1. The first-order valence-electron chi connectivity index (χ1n) is 9.40. The molecule has 6 heteroatoms. The third-order valence-electron chi connectivity index (χ3n) is 4.47. The highest BCUT2D eigenvalue weighted by Crippen LogP contribution is 2.24. The Hall–Kier alpha value is -1.92. The molecule has 2 amide bonds. The van der Waals surface area contributed by atoms with Crippen LogP contribution >= 0.6 is 11.3 Å². The minimum absolute atomic E-state index is 0.0179. The van der Waals surface area contributed by atoms with Crippen LogP contribution in [0.25, 0.3) is 10.6 Å². The van der Waals surface area contributed by atoms with Crippen molar-refractivity contribution in [3.8, 4) is 10.6 Å². The molecule has 0 saturated carbocycles. The highest BCUT2D eigenvalue weighted by Gasteiger charge is 2.21. The lowest BCUT2D eigenvalue weighted by Gasteiger charge is -2.29. The molecule has 3 rings (SSSR count). The summed E-state index contributed by atoms with van der Waals surface area (Å²) in [6, 6.07) is 10.1. The number of amides is 2. The van der Waals surface area contributed by atoms with Crippen molar-refractivity contribution < 1.29 is 9.53 Å². The number of benzene rings is 1. The molecule has 1 unspecified atom stereocenters. The average Bonchev–Trinajstić information content (AvgIpc) is 3.16. The lowest BCUT2D eigenvalue weighted by Crippen LogP contribution is -2.45.